The van der Waals surface area contributed by atoms with Crippen molar-refractivity contribution in [3.63, 3.8) is 0 Å². The Hall–Kier alpha value is -3.10. The van der Waals surface area contributed by atoms with E-state index in [0.29, 0.717) is 17.5 Å². The van der Waals surface area contributed by atoms with Crippen LogP contribution in [0.25, 0.3) is 10.9 Å². The average Bonchev–Trinajstić information content (AvgIpc) is 3.08. The van der Waals surface area contributed by atoms with Crippen molar-refractivity contribution in [2.75, 3.05) is 12.4 Å². The maximum Gasteiger partial charge on any atom is 0.433 e. The van der Waals surface area contributed by atoms with Crippen LogP contribution in [0.2, 0.25) is 0 Å². The van der Waals surface area contributed by atoms with E-state index in [4.69, 9.17) is 4.74 Å². The summed E-state index contributed by atoms with van der Waals surface area (Å²) in [5.74, 6) is 0.343. The molecule has 1 amide bonds. The molecule has 1 saturated carbocycles. The quantitative estimate of drug-likeness (QED) is 0.628. The van der Waals surface area contributed by atoms with Gasteiger partial charge >= 0.3 is 6.18 Å². The van der Waals surface area contributed by atoms with Crippen molar-refractivity contribution < 1.29 is 22.7 Å². The first-order chi connectivity index (χ1) is 14.3. The zero-order valence-corrected chi connectivity index (χ0v) is 16.5. The Morgan fingerprint density at radius 3 is 2.73 bits per heavy atom. The SMILES string of the molecule is CCC1CC(n2cc3cc(NC(=O)c4cccc(C(F)(F)F)n4)c(OC)cc3n2)C1. The predicted octanol–water partition coefficient (Wildman–Crippen LogP) is 5.07. The summed E-state index contributed by atoms with van der Waals surface area (Å²) in [6, 6.07) is 6.98. The molecule has 4 rings (SSSR count). The molecular formula is C21H21F3N4O2. The zero-order chi connectivity index (χ0) is 21.5. The van der Waals surface area contributed by atoms with Gasteiger partial charge in [0.25, 0.3) is 5.91 Å². The van der Waals surface area contributed by atoms with E-state index in [1.54, 1.807) is 12.1 Å². The second-order valence-electron chi connectivity index (χ2n) is 7.48. The maximum absolute atomic E-state index is 12.9. The molecule has 0 radical (unpaired) electrons. The molecule has 0 bridgehead atoms. The molecule has 0 spiro atoms. The van der Waals surface area contributed by atoms with Crippen molar-refractivity contribution in [2.24, 2.45) is 5.92 Å². The summed E-state index contributed by atoms with van der Waals surface area (Å²) in [4.78, 5) is 15.9. The van der Waals surface area contributed by atoms with Gasteiger partial charge in [0.05, 0.1) is 24.4 Å². The lowest BCUT2D eigenvalue weighted by atomic mass is 9.79. The summed E-state index contributed by atoms with van der Waals surface area (Å²) in [6.45, 7) is 2.18. The number of methoxy groups -OCH3 is 1. The number of hydrogen-bond acceptors (Lipinski definition) is 4. The minimum absolute atomic E-state index is 0.331. The van der Waals surface area contributed by atoms with Crippen molar-refractivity contribution in [1.29, 1.82) is 0 Å². The predicted molar refractivity (Wildman–Crippen MR) is 106 cm³/mol. The number of nitrogens with zero attached hydrogens (tertiary/aromatic N) is 3. The van der Waals surface area contributed by atoms with Crippen molar-refractivity contribution >= 4 is 22.5 Å². The fraction of sp³-hybridized carbons (Fsp3) is 0.381. The van der Waals surface area contributed by atoms with Gasteiger partial charge in [-0.3, -0.25) is 9.48 Å². The highest BCUT2D eigenvalue weighted by molar-refractivity contribution is 6.05. The van der Waals surface area contributed by atoms with Gasteiger partial charge < -0.3 is 10.1 Å². The van der Waals surface area contributed by atoms with Crippen molar-refractivity contribution in [1.82, 2.24) is 14.8 Å². The average molecular weight is 418 g/mol. The van der Waals surface area contributed by atoms with Crippen molar-refractivity contribution in [3.05, 3.63) is 47.9 Å². The molecule has 6 nitrogen and oxygen atoms in total. The molecule has 1 aliphatic carbocycles. The number of carbonyl (C=O) groups is 1. The van der Waals surface area contributed by atoms with Gasteiger partial charge in [-0.25, -0.2) is 4.98 Å². The zero-order valence-electron chi connectivity index (χ0n) is 16.5. The molecule has 0 aliphatic heterocycles. The smallest absolute Gasteiger partial charge is 0.433 e. The lowest BCUT2D eigenvalue weighted by Crippen LogP contribution is -2.26. The second-order valence-corrected chi connectivity index (χ2v) is 7.48. The third-order valence-corrected chi connectivity index (χ3v) is 5.53. The van der Waals surface area contributed by atoms with Gasteiger partial charge in [0.15, 0.2) is 0 Å². The molecule has 1 aromatic carbocycles. The lowest BCUT2D eigenvalue weighted by molar-refractivity contribution is -0.141. The number of rotatable bonds is 5. The Morgan fingerprint density at radius 1 is 1.30 bits per heavy atom. The summed E-state index contributed by atoms with van der Waals surface area (Å²) in [5.41, 5.74) is -0.386. The number of alkyl halides is 3. The van der Waals surface area contributed by atoms with Gasteiger partial charge in [0.1, 0.15) is 17.1 Å². The summed E-state index contributed by atoms with van der Waals surface area (Å²) >= 11 is 0. The number of anilines is 1. The van der Waals surface area contributed by atoms with Crippen LogP contribution < -0.4 is 10.1 Å². The molecule has 1 fully saturated rings. The first-order valence-electron chi connectivity index (χ1n) is 9.71. The van der Waals surface area contributed by atoms with E-state index in [1.807, 2.05) is 10.9 Å². The molecule has 1 aliphatic rings. The molecule has 1 N–H and O–H groups in total. The van der Waals surface area contributed by atoms with Crippen LogP contribution in [0.5, 0.6) is 5.75 Å². The number of amides is 1. The Kier molecular flexibility index (Phi) is 5.13. The number of ether oxygens (including phenoxy) is 1. The van der Waals surface area contributed by atoms with Crippen LogP contribution in [0.3, 0.4) is 0 Å². The third kappa shape index (κ3) is 3.83. The largest absolute Gasteiger partial charge is 0.494 e. The minimum atomic E-state index is -4.63. The highest BCUT2D eigenvalue weighted by Crippen LogP contribution is 2.40. The maximum atomic E-state index is 12.9. The molecule has 0 saturated heterocycles. The van der Waals surface area contributed by atoms with Gasteiger partial charge in [0.2, 0.25) is 0 Å². The molecule has 0 unspecified atom stereocenters. The van der Waals surface area contributed by atoms with Crippen LogP contribution in [0.4, 0.5) is 18.9 Å². The van der Waals surface area contributed by atoms with Gasteiger partial charge in [0, 0.05) is 17.6 Å². The highest BCUT2D eigenvalue weighted by atomic mass is 19.4. The Morgan fingerprint density at radius 2 is 2.07 bits per heavy atom. The van der Waals surface area contributed by atoms with E-state index >= 15 is 0 Å². The second kappa shape index (κ2) is 7.62. The third-order valence-electron chi connectivity index (χ3n) is 5.53. The molecule has 30 heavy (non-hydrogen) atoms. The van der Waals surface area contributed by atoms with Crippen LogP contribution in [0.1, 0.15) is 48.4 Å². The van der Waals surface area contributed by atoms with Crippen molar-refractivity contribution in [2.45, 2.75) is 38.4 Å². The monoisotopic (exact) mass is 418 g/mol. The van der Waals surface area contributed by atoms with Gasteiger partial charge in [-0.2, -0.15) is 18.3 Å². The van der Waals surface area contributed by atoms with Gasteiger partial charge in [-0.1, -0.05) is 19.4 Å². The molecule has 0 atom stereocenters. The summed E-state index contributed by atoms with van der Waals surface area (Å²) in [7, 11) is 1.45. The molecule has 158 valence electrons. The number of carbonyl (C=O) groups excluding carboxylic acids is 1. The number of fused-ring (bicyclic) bond motifs is 1. The Balaban J connectivity index is 1.59. The van der Waals surface area contributed by atoms with Crippen LogP contribution >= 0.6 is 0 Å². The number of hydrogen-bond donors (Lipinski definition) is 1. The van der Waals surface area contributed by atoms with Crippen LogP contribution in [-0.4, -0.2) is 27.8 Å². The van der Waals surface area contributed by atoms with E-state index in [1.165, 1.54) is 13.2 Å². The number of benzene rings is 1. The molecule has 3 aromatic rings. The summed E-state index contributed by atoms with van der Waals surface area (Å²) in [6.07, 6.45) is 0.632. The molecule has 2 heterocycles. The Labute approximate surface area is 171 Å². The number of aromatic nitrogens is 3. The van der Waals surface area contributed by atoms with E-state index in [2.05, 4.69) is 22.3 Å². The van der Waals surface area contributed by atoms with Crippen LogP contribution in [0.15, 0.2) is 36.5 Å². The van der Waals surface area contributed by atoms with Crippen molar-refractivity contribution in [3.8, 4) is 5.75 Å². The first-order valence-corrected chi connectivity index (χ1v) is 9.71. The molecular weight excluding hydrogens is 397 g/mol. The minimum Gasteiger partial charge on any atom is -0.494 e. The van der Waals surface area contributed by atoms with Gasteiger partial charge in [-0.05, 0) is 37.0 Å². The van der Waals surface area contributed by atoms with Crippen LogP contribution in [-0.2, 0) is 6.18 Å². The van der Waals surface area contributed by atoms with E-state index in [0.717, 1.165) is 48.2 Å². The topological polar surface area (TPSA) is 69.0 Å². The number of nitrogens with one attached hydrogen (secondary N) is 1. The van der Waals surface area contributed by atoms with E-state index in [-0.39, 0.29) is 5.69 Å². The number of pyridine rings is 1. The first kappa shape index (κ1) is 20.2. The standard InChI is InChI=1S/C21H21F3N4O2/c1-3-12-7-14(8-12)28-11-13-9-17(18(30-2)10-16(13)27-28)26-20(29)15-5-4-6-19(25-15)21(22,23)24/h4-6,9-12,14H,3,7-8H2,1-2H3,(H,26,29). The van der Waals surface area contributed by atoms with Gasteiger partial charge in [-0.15, -0.1) is 0 Å². The molecule has 2 aromatic heterocycles. The summed E-state index contributed by atoms with van der Waals surface area (Å²) < 4.78 is 45.9. The number of halogens is 3. The fourth-order valence-corrected chi connectivity index (χ4v) is 3.68. The van der Waals surface area contributed by atoms with E-state index in [9.17, 15) is 18.0 Å². The Bertz CT molecular complexity index is 1090. The fourth-order valence-electron chi connectivity index (χ4n) is 3.68. The van der Waals surface area contributed by atoms with E-state index < -0.39 is 17.8 Å². The summed E-state index contributed by atoms with van der Waals surface area (Å²) in [5, 5.41) is 8.02. The lowest BCUT2D eigenvalue weighted by Gasteiger charge is -2.34. The molecule has 9 heteroatoms. The highest BCUT2D eigenvalue weighted by Gasteiger charge is 2.33. The normalized spacial score (nSPS) is 18.8. The van der Waals surface area contributed by atoms with Crippen LogP contribution in [0, 0.1) is 5.92 Å².